The van der Waals surface area contributed by atoms with E-state index in [1.54, 1.807) is 0 Å². The Balaban J connectivity index is 2.59. The topological polar surface area (TPSA) is 0 Å². The Hall–Kier alpha value is -0.140. The molecule has 0 aliphatic rings. The fourth-order valence-electron chi connectivity index (χ4n) is 0.809. The molecule has 0 aromatic heterocycles. The Morgan fingerprint density at radius 3 is 2.40 bits per heavy atom. The Morgan fingerprint density at radius 1 is 1.30 bits per heavy atom. The van der Waals surface area contributed by atoms with Crippen LogP contribution in [0.5, 0.6) is 0 Å². The zero-order valence-corrected chi connectivity index (χ0v) is 7.15. The lowest BCUT2D eigenvalue weighted by atomic mass is 10.2. The van der Waals surface area contributed by atoms with E-state index in [4.69, 9.17) is 11.6 Å². The van der Waals surface area contributed by atoms with Crippen molar-refractivity contribution in [3.05, 3.63) is 35.9 Å². The van der Waals surface area contributed by atoms with E-state index in [0.717, 1.165) is 6.42 Å². The van der Waals surface area contributed by atoms with Gasteiger partial charge in [-0.2, -0.15) is 12.6 Å². The van der Waals surface area contributed by atoms with Crippen LogP contribution in [-0.2, 0) is 6.42 Å². The summed E-state index contributed by atoms with van der Waals surface area (Å²) in [5.74, 6) is 0. The summed E-state index contributed by atoms with van der Waals surface area (Å²) in [5, 5.41) is 0. The number of hydrogen-bond acceptors (Lipinski definition) is 1. The van der Waals surface area contributed by atoms with E-state index in [-0.39, 0.29) is 4.71 Å². The molecule has 0 fully saturated rings. The van der Waals surface area contributed by atoms with Gasteiger partial charge in [-0.25, -0.2) is 0 Å². The molecular weight excluding hydrogens is 164 g/mol. The lowest BCUT2D eigenvalue weighted by Gasteiger charge is -2.00. The van der Waals surface area contributed by atoms with Gasteiger partial charge in [-0.05, 0) is 12.0 Å². The van der Waals surface area contributed by atoms with Gasteiger partial charge >= 0.3 is 0 Å². The average Bonchev–Trinajstić information content (AvgIpc) is 1.88. The minimum Gasteiger partial charge on any atom is -0.159 e. The van der Waals surface area contributed by atoms with Crippen LogP contribution < -0.4 is 0 Å². The van der Waals surface area contributed by atoms with E-state index in [1.807, 2.05) is 30.3 Å². The Labute approximate surface area is 71.6 Å². The van der Waals surface area contributed by atoms with Crippen molar-refractivity contribution in [1.82, 2.24) is 0 Å². The second kappa shape index (κ2) is 3.89. The van der Waals surface area contributed by atoms with Gasteiger partial charge in [-0.3, -0.25) is 0 Å². The lowest BCUT2D eigenvalue weighted by molar-refractivity contribution is 1.10. The smallest absolute Gasteiger partial charge is 0.0799 e. The molecule has 0 aliphatic carbocycles. The van der Waals surface area contributed by atoms with E-state index < -0.39 is 0 Å². The maximum absolute atomic E-state index is 5.68. The van der Waals surface area contributed by atoms with Gasteiger partial charge in [0.15, 0.2) is 0 Å². The van der Waals surface area contributed by atoms with E-state index >= 15 is 0 Å². The Morgan fingerprint density at radius 2 is 1.90 bits per heavy atom. The molecule has 0 radical (unpaired) electrons. The fourth-order valence-corrected chi connectivity index (χ4v) is 1.20. The number of thiol groups is 1. The highest BCUT2D eigenvalue weighted by Gasteiger charge is 1.96. The van der Waals surface area contributed by atoms with Crippen molar-refractivity contribution in [3.8, 4) is 0 Å². The molecule has 0 saturated carbocycles. The second-order valence-electron chi connectivity index (χ2n) is 2.12. The van der Waals surface area contributed by atoms with Gasteiger partial charge in [0.2, 0.25) is 0 Å². The van der Waals surface area contributed by atoms with Crippen LogP contribution >= 0.6 is 24.2 Å². The van der Waals surface area contributed by atoms with Crippen molar-refractivity contribution in [1.29, 1.82) is 0 Å². The maximum Gasteiger partial charge on any atom is 0.0799 e. The number of hydrogen-bond donors (Lipinski definition) is 1. The van der Waals surface area contributed by atoms with Gasteiger partial charge in [0, 0.05) is 0 Å². The highest BCUT2D eigenvalue weighted by atomic mass is 35.5. The first kappa shape index (κ1) is 7.96. The van der Waals surface area contributed by atoms with Gasteiger partial charge in [0.05, 0.1) is 4.71 Å². The summed E-state index contributed by atoms with van der Waals surface area (Å²) < 4.78 is -0.0672. The van der Waals surface area contributed by atoms with E-state index in [1.165, 1.54) is 5.56 Å². The van der Waals surface area contributed by atoms with Crippen molar-refractivity contribution in [3.63, 3.8) is 0 Å². The molecule has 1 unspecified atom stereocenters. The number of alkyl halides is 1. The van der Waals surface area contributed by atoms with Crippen molar-refractivity contribution >= 4 is 24.2 Å². The molecule has 1 atom stereocenters. The summed E-state index contributed by atoms with van der Waals surface area (Å²) in [6.07, 6.45) is 0.825. The molecule has 10 heavy (non-hydrogen) atoms. The summed E-state index contributed by atoms with van der Waals surface area (Å²) in [6, 6.07) is 10.1. The van der Waals surface area contributed by atoms with Gasteiger partial charge in [-0.15, -0.1) is 11.6 Å². The maximum atomic E-state index is 5.68. The average molecular weight is 173 g/mol. The molecule has 0 amide bonds. The predicted octanol–water partition coefficient (Wildman–Crippen LogP) is 2.72. The third-order valence-corrected chi connectivity index (χ3v) is 1.58. The molecule has 1 aromatic rings. The van der Waals surface area contributed by atoms with Gasteiger partial charge < -0.3 is 0 Å². The summed E-state index contributed by atoms with van der Waals surface area (Å²) in [4.78, 5) is 0. The van der Waals surface area contributed by atoms with Crippen LogP contribution in [0.15, 0.2) is 30.3 Å². The predicted molar refractivity (Wildman–Crippen MR) is 48.8 cm³/mol. The first-order valence-electron chi connectivity index (χ1n) is 3.15. The van der Waals surface area contributed by atoms with Gasteiger partial charge in [0.25, 0.3) is 0 Å². The standard InChI is InChI=1S/C8H9ClS/c9-8(10)6-7-4-2-1-3-5-7/h1-5,8,10H,6H2. The largest absolute Gasteiger partial charge is 0.159 e. The first-order valence-corrected chi connectivity index (χ1v) is 4.10. The Bertz CT molecular complexity index is 184. The van der Waals surface area contributed by atoms with Crippen LogP contribution in [0.4, 0.5) is 0 Å². The normalized spacial score (nSPS) is 13.0. The number of benzene rings is 1. The number of rotatable bonds is 2. The summed E-state index contributed by atoms with van der Waals surface area (Å²) >= 11 is 9.75. The zero-order chi connectivity index (χ0) is 7.40. The summed E-state index contributed by atoms with van der Waals surface area (Å²) in [6.45, 7) is 0. The summed E-state index contributed by atoms with van der Waals surface area (Å²) in [5.41, 5.74) is 1.23. The molecular formula is C8H9ClS. The monoisotopic (exact) mass is 172 g/mol. The second-order valence-corrected chi connectivity index (χ2v) is 3.58. The molecule has 54 valence electrons. The molecule has 0 aliphatic heterocycles. The minimum atomic E-state index is -0.0672. The molecule has 0 nitrogen and oxygen atoms in total. The highest BCUT2D eigenvalue weighted by molar-refractivity contribution is 7.82. The van der Waals surface area contributed by atoms with Crippen molar-refractivity contribution in [2.75, 3.05) is 0 Å². The molecule has 0 N–H and O–H groups in total. The molecule has 0 saturated heterocycles. The zero-order valence-electron chi connectivity index (χ0n) is 5.50. The van der Waals surface area contributed by atoms with Crippen LogP contribution in [0.1, 0.15) is 5.56 Å². The summed E-state index contributed by atoms with van der Waals surface area (Å²) in [7, 11) is 0. The van der Waals surface area contributed by atoms with Crippen LogP contribution in [0.2, 0.25) is 0 Å². The molecule has 0 spiro atoms. The van der Waals surface area contributed by atoms with Crippen LogP contribution in [0.3, 0.4) is 0 Å². The van der Waals surface area contributed by atoms with E-state index in [2.05, 4.69) is 12.6 Å². The van der Waals surface area contributed by atoms with E-state index in [9.17, 15) is 0 Å². The third kappa shape index (κ3) is 2.63. The van der Waals surface area contributed by atoms with Crippen molar-refractivity contribution < 1.29 is 0 Å². The molecule has 0 heterocycles. The quantitative estimate of drug-likeness (QED) is 0.515. The van der Waals surface area contributed by atoms with Crippen LogP contribution in [0, 0.1) is 0 Å². The first-order chi connectivity index (χ1) is 4.79. The SMILES string of the molecule is SC(Cl)Cc1ccccc1. The molecule has 1 aromatic carbocycles. The van der Waals surface area contributed by atoms with Gasteiger partial charge in [-0.1, -0.05) is 30.3 Å². The highest BCUT2D eigenvalue weighted by Crippen LogP contribution is 2.09. The minimum absolute atomic E-state index is 0.0672. The molecule has 0 bridgehead atoms. The Kier molecular flexibility index (Phi) is 3.10. The van der Waals surface area contributed by atoms with Crippen molar-refractivity contribution in [2.45, 2.75) is 11.1 Å². The molecule has 1 rings (SSSR count). The van der Waals surface area contributed by atoms with Crippen LogP contribution in [-0.4, -0.2) is 4.71 Å². The van der Waals surface area contributed by atoms with Gasteiger partial charge in [0.1, 0.15) is 0 Å². The molecule has 2 heteroatoms. The van der Waals surface area contributed by atoms with E-state index in [0.29, 0.717) is 0 Å². The third-order valence-electron chi connectivity index (χ3n) is 1.25. The fraction of sp³-hybridized carbons (Fsp3) is 0.250. The van der Waals surface area contributed by atoms with Crippen molar-refractivity contribution in [2.24, 2.45) is 0 Å². The number of halogens is 1. The lowest BCUT2D eigenvalue weighted by Crippen LogP contribution is -1.92. The van der Waals surface area contributed by atoms with Crippen LogP contribution in [0.25, 0.3) is 0 Å².